The van der Waals surface area contributed by atoms with Crippen LogP contribution < -0.4 is 9.47 Å². The average Bonchev–Trinajstić information content (AvgIpc) is 2.94. The molecule has 0 atom stereocenters. The third kappa shape index (κ3) is 8.00. The fourth-order valence-corrected chi connectivity index (χ4v) is 5.48. The highest BCUT2D eigenvalue weighted by atomic mass is 19.1. The summed E-state index contributed by atoms with van der Waals surface area (Å²) in [4.78, 5) is 14.0. The predicted octanol–water partition coefficient (Wildman–Crippen LogP) is 6.67. The van der Waals surface area contributed by atoms with E-state index in [-0.39, 0.29) is 29.4 Å². The van der Waals surface area contributed by atoms with E-state index in [4.69, 9.17) is 14.2 Å². The molecule has 1 aliphatic rings. The Morgan fingerprint density at radius 2 is 1.54 bits per heavy atom. The lowest BCUT2D eigenvalue weighted by molar-refractivity contribution is -0.142. The van der Waals surface area contributed by atoms with Gasteiger partial charge < -0.3 is 19.1 Å². The first-order valence-corrected chi connectivity index (χ1v) is 13.9. The summed E-state index contributed by atoms with van der Waals surface area (Å²) in [6.07, 6.45) is 2.26. The number of carbonyl (C=O) groups excluding carboxylic acids is 1. The van der Waals surface area contributed by atoms with E-state index in [0.29, 0.717) is 37.6 Å². The van der Waals surface area contributed by atoms with Crippen molar-refractivity contribution in [1.82, 2.24) is 4.90 Å². The average molecular weight is 574 g/mol. The molecule has 0 aliphatic carbocycles. The van der Waals surface area contributed by atoms with Crippen LogP contribution in [0.5, 0.6) is 11.5 Å². The maximum absolute atomic E-state index is 14.8. The maximum Gasteiger partial charge on any atom is 0.310 e. The number of esters is 1. The van der Waals surface area contributed by atoms with Crippen molar-refractivity contribution in [3.63, 3.8) is 0 Å². The first kappa shape index (κ1) is 30.4. The second kappa shape index (κ2) is 14.3. The predicted molar refractivity (Wildman–Crippen MR) is 147 cm³/mol. The number of carbonyl (C=O) groups is 1. The van der Waals surface area contributed by atoms with Gasteiger partial charge in [-0.15, -0.1) is 0 Å². The van der Waals surface area contributed by atoms with Crippen LogP contribution in [0.2, 0.25) is 0 Å². The summed E-state index contributed by atoms with van der Waals surface area (Å²) >= 11 is 0. The molecule has 1 fully saturated rings. The molecule has 3 aromatic carbocycles. The Balaban J connectivity index is 1.33. The van der Waals surface area contributed by atoms with Crippen molar-refractivity contribution in [2.75, 3.05) is 40.0 Å². The van der Waals surface area contributed by atoms with Crippen LogP contribution in [0.25, 0.3) is 0 Å². The van der Waals surface area contributed by atoms with Crippen LogP contribution in [0.4, 0.5) is 17.6 Å². The van der Waals surface area contributed by atoms with E-state index in [1.54, 1.807) is 26.2 Å². The van der Waals surface area contributed by atoms with Crippen molar-refractivity contribution in [3.8, 4) is 11.5 Å². The maximum atomic E-state index is 14.8. The Hall–Kier alpha value is -3.59. The number of hydrogen-bond acceptors (Lipinski definition) is 5. The van der Waals surface area contributed by atoms with E-state index in [9.17, 15) is 22.4 Å². The van der Waals surface area contributed by atoms with Gasteiger partial charge in [-0.05, 0) is 86.1 Å². The summed E-state index contributed by atoms with van der Waals surface area (Å²) in [5.41, 5.74) is 1.20. The standard InChI is InChI=1S/C32H35F4NO4/c1-3-40-31(38)18-21-5-10-29(30(17-21)39-2)41-16-4-13-37-14-11-22(12-15-37)32(25-8-6-23(33)19-27(25)35)26-9-7-24(34)20-28(26)36/h5-10,17,19-20,22,32H,3-4,11-16,18H2,1-2H3. The molecule has 0 amide bonds. The van der Waals surface area contributed by atoms with Crippen molar-refractivity contribution in [2.24, 2.45) is 5.92 Å². The molecule has 0 saturated carbocycles. The zero-order valence-corrected chi connectivity index (χ0v) is 23.3. The van der Waals surface area contributed by atoms with Crippen LogP contribution in [-0.4, -0.2) is 50.8 Å². The van der Waals surface area contributed by atoms with Crippen molar-refractivity contribution in [3.05, 3.63) is 94.6 Å². The largest absolute Gasteiger partial charge is 0.493 e. The van der Waals surface area contributed by atoms with Crippen LogP contribution in [0, 0.1) is 29.2 Å². The van der Waals surface area contributed by atoms with E-state index in [2.05, 4.69) is 4.90 Å². The normalized spacial score (nSPS) is 14.3. The molecule has 0 aromatic heterocycles. The van der Waals surface area contributed by atoms with E-state index in [0.717, 1.165) is 43.8 Å². The third-order valence-electron chi connectivity index (χ3n) is 7.46. The summed E-state index contributed by atoms with van der Waals surface area (Å²) in [7, 11) is 1.55. The molecule has 1 saturated heterocycles. The van der Waals surface area contributed by atoms with Crippen LogP contribution in [0.3, 0.4) is 0 Å². The van der Waals surface area contributed by atoms with Crippen molar-refractivity contribution >= 4 is 5.97 Å². The van der Waals surface area contributed by atoms with Gasteiger partial charge in [0.25, 0.3) is 0 Å². The number of rotatable bonds is 12. The molecule has 0 N–H and O–H groups in total. The Morgan fingerprint density at radius 1 is 0.902 bits per heavy atom. The third-order valence-corrected chi connectivity index (χ3v) is 7.46. The minimum absolute atomic E-state index is 0.0974. The SMILES string of the molecule is CCOC(=O)Cc1ccc(OCCCN2CCC(C(c3ccc(F)cc3F)c3ccc(F)cc3F)CC2)c(OC)c1. The summed E-state index contributed by atoms with van der Waals surface area (Å²) in [6.45, 7) is 4.76. The number of ether oxygens (including phenoxy) is 3. The van der Waals surface area contributed by atoms with Gasteiger partial charge in [-0.2, -0.15) is 0 Å². The van der Waals surface area contributed by atoms with Gasteiger partial charge in [-0.25, -0.2) is 17.6 Å². The van der Waals surface area contributed by atoms with Crippen molar-refractivity contribution in [2.45, 2.75) is 38.5 Å². The molecule has 0 unspecified atom stereocenters. The summed E-state index contributed by atoms with van der Waals surface area (Å²) in [5, 5.41) is 0. The van der Waals surface area contributed by atoms with Gasteiger partial charge in [0.15, 0.2) is 11.5 Å². The fourth-order valence-electron chi connectivity index (χ4n) is 5.48. The minimum atomic E-state index is -0.734. The van der Waals surface area contributed by atoms with Crippen LogP contribution in [0.15, 0.2) is 54.6 Å². The highest BCUT2D eigenvalue weighted by Crippen LogP contribution is 2.40. The van der Waals surface area contributed by atoms with Gasteiger partial charge in [-0.3, -0.25) is 4.79 Å². The monoisotopic (exact) mass is 573 g/mol. The quantitative estimate of drug-likeness (QED) is 0.138. The number of halogens is 4. The van der Waals surface area contributed by atoms with Crippen LogP contribution in [0.1, 0.15) is 48.8 Å². The highest BCUT2D eigenvalue weighted by molar-refractivity contribution is 5.72. The van der Waals surface area contributed by atoms with E-state index < -0.39 is 29.2 Å². The molecule has 41 heavy (non-hydrogen) atoms. The van der Waals surface area contributed by atoms with Gasteiger partial charge in [0.2, 0.25) is 0 Å². The van der Waals surface area contributed by atoms with Crippen LogP contribution in [-0.2, 0) is 16.0 Å². The van der Waals surface area contributed by atoms with E-state index in [1.807, 2.05) is 6.07 Å². The molecular weight excluding hydrogens is 538 g/mol. The summed E-state index contributed by atoms with van der Waals surface area (Å²) in [6, 6.07) is 12.0. The van der Waals surface area contributed by atoms with Crippen molar-refractivity contribution in [1.29, 1.82) is 0 Å². The number of nitrogens with zero attached hydrogens (tertiary/aromatic N) is 1. The van der Waals surface area contributed by atoms with E-state index in [1.165, 1.54) is 24.3 Å². The Kier molecular flexibility index (Phi) is 10.6. The van der Waals surface area contributed by atoms with Gasteiger partial charge in [0, 0.05) is 24.6 Å². The lowest BCUT2D eigenvalue weighted by Gasteiger charge is -2.37. The Bertz CT molecular complexity index is 1280. The fraction of sp³-hybridized carbons (Fsp3) is 0.406. The van der Waals surface area contributed by atoms with Gasteiger partial charge in [0.05, 0.1) is 26.7 Å². The minimum Gasteiger partial charge on any atom is -0.493 e. The number of likely N-dealkylation sites (tertiary alicyclic amines) is 1. The van der Waals surface area contributed by atoms with Crippen molar-refractivity contribution < 1.29 is 36.6 Å². The molecule has 4 rings (SSSR count). The number of methoxy groups -OCH3 is 1. The lowest BCUT2D eigenvalue weighted by atomic mass is 9.75. The lowest BCUT2D eigenvalue weighted by Crippen LogP contribution is -2.37. The molecule has 5 nitrogen and oxygen atoms in total. The zero-order valence-electron chi connectivity index (χ0n) is 23.3. The first-order valence-electron chi connectivity index (χ1n) is 13.9. The number of hydrogen-bond donors (Lipinski definition) is 0. The first-order chi connectivity index (χ1) is 19.8. The zero-order chi connectivity index (χ0) is 29.4. The Morgan fingerprint density at radius 3 is 2.10 bits per heavy atom. The van der Waals surface area contributed by atoms with E-state index >= 15 is 0 Å². The molecule has 1 aliphatic heterocycles. The van der Waals surface area contributed by atoms with Gasteiger partial charge in [-0.1, -0.05) is 18.2 Å². The topological polar surface area (TPSA) is 48.0 Å². The number of benzene rings is 3. The molecular formula is C32H35F4NO4. The number of piperidine rings is 1. The van der Waals surface area contributed by atoms with Gasteiger partial charge >= 0.3 is 5.97 Å². The second-order valence-electron chi connectivity index (χ2n) is 10.2. The second-order valence-corrected chi connectivity index (χ2v) is 10.2. The summed E-state index contributed by atoms with van der Waals surface area (Å²) in [5.74, 6) is -2.79. The molecule has 220 valence electrons. The Labute approximate surface area is 238 Å². The molecule has 0 radical (unpaired) electrons. The molecule has 0 bridgehead atoms. The van der Waals surface area contributed by atoms with Gasteiger partial charge in [0.1, 0.15) is 23.3 Å². The molecule has 9 heteroatoms. The summed E-state index contributed by atoms with van der Waals surface area (Å²) < 4.78 is 73.3. The smallest absolute Gasteiger partial charge is 0.310 e. The van der Waals surface area contributed by atoms with Crippen LogP contribution >= 0.6 is 0 Å². The molecule has 0 spiro atoms. The molecule has 3 aromatic rings. The molecule has 1 heterocycles. The highest BCUT2D eigenvalue weighted by Gasteiger charge is 2.32.